The van der Waals surface area contributed by atoms with E-state index >= 15 is 0 Å². The third-order valence-electron chi connectivity index (χ3n) is 1.44. The Labute approximate surface area is 70.2 Å². The summed E-state index contributed by atoms with van der Waals surface area (Å²) in [4.78, 5) is 14.1. The largest absolute Gasteiger partial charge is 0.476 e. The molecule has 4 heteroatoms. The number of aromatic carboxylic acids is 1. The fraction of sp³-hybridized carbons (Fsp3) is 0.500. The number of carboxylic acids is 1. The van der Waals surface area contributed by atoms with Crippen LogP contribution < -0.4 is 0 Å². The Hall–Kier alpha value is -1.32. The summed E-state index contributed by atoms with van der Waals surface area (Å²) in [5.41, 5.74) is 0.0312. The van der Waals surface area contributed by atoms with Crippen LogP contribution in [0.2, 0.25) is 0 Å². The lowest BCUT2D eigenvalue weighted by atomic mass is 10.1. The van der Waals surface area contributed by atoms with Crippen molar-refractivity contribution in [3.63, 3.8) is 0 Å². The smallest absolute Gasteiger partial charge is 0.358 e. The number of carboxylic acid groups (broad SMARTS) is 1. The SMILES string of the molecule is CC(C)Cc1ocnc1C(=O)O. The molecule has 1 rings (SSSR count). The van der Waals surface area contributed by atoms with Crippen molar-refractivity contribution < 1.29 is 14.3 Å². The third kappa shape index (κ3) is 1.84. The van der Waals surface area contributed by atoms with Crippen molar-refractivity contribution >= 4 is 5.97 Å². The molecule has 0 amide bonds. The van der Waals surface area contributed by atoms with Crippen LogP contribution in [0.5, 0.6) is 0 Å². The summed E-state index contributed by atoms with van der Waals surface area (Å²) in [6.07, 6.45) is 1.78. The van der Waals surface area contributed by atoms with Gasteiger partial charge in [0.2, 0.25) is 0 Å². The van der Waals surface area contributed by atoms with E-state index in [4.69, 9.17) is 9.52 Å². The first-order valence-corrected chi connectivity index (χ1v) is 3.77. The maximum Gasteiger partial charge on any atom is 0.358 e. The summed E-state index contributed by atoms with van der Waals surface area (Å²) in [6.45, 7) is 3.99. The molecule has 0 fully saturated rings. The van der Waals surface area contributed by atoms with Crippen molar-refractivity contribution in [2.24, 2.45) is 5.92 Å². The van der Waals surface area contributed by atoms with Gasteiger partial charge in [-0.25, -0.2) is 9.78 Å². The molecule has 0 atom stereocenters. The third-order valence-corrected chi connectivity index (χ3v) is 1.44. The van der Waals surface area contributed by atoms with Crippen molar-refractivity contribution in [2.45, 2.75) is 20.3 Å². The van der Waals surface area contributed by atoms with E-state index in [-0.39, 0.29) is 5.69 Å². The Bertz CT molecular complexity index is 278. The minimum Gasteiger partial charge on any atom is -0.476 e. The first kappa shape index (κ1) is 8.77. The molecule has 0 spiro atoms. The van der Waals surface area contributed by atoms with E-state index in [9.17, 15) is 4.79 Å². The van der Waals surface area contributed by atoms with E-state index in [1.54, 1.807) is 0 Å². The molecule has 0 aliphatic rings. The highest BCUT2D eigenvalue weighted by atomic mass is 16.4. The Kier molecular flexibility index (Phi) is 2.47. The Morgan fingerprint density at radius 3 is 2.92 bits per heavy atom. The second-order valence-corrected chi connectivity index (χ2v) is 3.03. The average Bonchev–Trinajstić information content (AvgIpc) is 2.33. The summed E-state index contributed by atoms with van der Waals surface area (Å²) >= 11 is 0. The number of oxazole rings is 1. The van der Waals surface area contributed by atoms with Crippen molar-refractivity contribution in [3.05, 3.63) is 17.8 Å². The number of carbonyl (C=O) groups is 1. The van der Waals surface area contributed by atoms with Crippen LogP contribution in [0.3, 0.4) is 0 Å². The normalized spacial score (nSPS) is 10.6. The molecule has 0 unspecified atom stereocenters. The van der Waals surface area contributed by atoms with Gasteiger partial charge in [0.15, 0.2) is 12.1 Å². The molecule has 0 aromatic carbocycles. The highest BCUT2D eigenvalue weighted by Crippen LogP contribution is 2.12. The first-order chi connectivity index (χ1) is 5.61. The van der Waals surface area contributed by atoms with E-state index < -0.39 is 5.97 Å². The van der Waals surface area contributed by atoms with E-state index in [1.807, 2.05) is 13.8 Å². The van der Waals surface area contributed by atoms with Gasteiger partial charge >= 0.3 is 5.97 Å². The number of hydrogen-bond donors (Lipinski definition) is 1. The summed E-state index contributed by atoms with van der Waals surface area (Å²) in [6, 6.07) is 0. The molecular formula is C8H11NO3. The van der Waals surface area contributed by atoms with Gasteiger partial charge in [-0.15, -0.1) is 0 Å². The highest BCUT2D eigenvalue weighted by Gasteiger charge is 2.15. The van der Waals surface area contributed by atoms with Gasteiger partial charge in [0.25, 0.3) is 0 Å². The van der Waals surface area contributed by atoms with Gasteiger partial charge in [0.05, 0.1) is 0 Å². The van der Waals surface area contributed by atoms with Gasteiger partial charge < -0.3 is 9.52 Å². The Balaban J connectivity index is 2.84. The summed E-state index contributed by atoms with van der Waals surface area (Å²) in [5.74, 6) is -0.201. The van der Waals surface area contributed by atoms with Crippen LogP contribution in [0.4, 0.5) is 0 Å². The van der Waals surface area contributed by atoms with Crippen LogP contribution in [0.15, 0.2) is 10.8 Å². The fourth-order valence-corrected chi connectivity index (χ4v) is 0.961. The first-order valence-electron chi connectivity index (χ1n) is 3.77. The molecule has 12 heavy (non-hydrogen) atoms. The second kappa shape index (κ2) is 3.38. The quantitative estimate of drug-likeness (QED) is 0.745. The maximum absolute atomic E-state index is 10.5. The summed E-state index contributed by atoms with van der Waals surface area (Å²) < 4.78 is 4.94. The van der Waals surface area contributed by atoms with Crippen LogP contribution in [0.1, 0.15) is 30.1 Å². The number of hydrogen-bond acceptors (Lipinski definition) is 3. The Morgan fingerprint density at radius 1 is 1.75 bits per heavy atom. The molecule has 0 saturated carbocycles. The zero-order valence-corrected chi connectivity index (χ0v) is 7.07. The van der Waals surface area contributed by atoms with Gasteiger partial charge in [0, 0.05) is 6.42 Å². The molecule has 1 aromatic rings. The van der Waals surface area contributed by atoms with Crippen molar-refractivity contribution in [3.8, 4) is 0 Å². The van der Waals surface area contributed by atoms with E-state index in [0.717, 1.165) is 0 Å². The van der Waals surface area contributed by atoms with Gasteiger partial charge in [-0.3, -0.25) is 0 Å². The second-order valence-electron chi connectivity index (χ2n) is 3.03. The predicted molar refractivity (Wildman–Crippen MR) is 42.0 cm³/mol. The molecule has 0 radical (unpaired) electrons. The topological polar surface area (TPSA) is 63.3 Å². The molecule has 0 aliphatic heterocycles. The maximum atomic E-state index is 10.5. The number of rotatable bonds is 3. The van der Waals surface area contributed by atoms with Crippen molar-refractivity contribution in [1.82, 2.24) is 4.98 Å². The van der Waals surface area contributed by atoms with Gasteiger partial charge in [0.1, 0.15) is 5.76 Å². The molecule has 0 bridgehead atoms. The van der Waals surface area contributed by atoms with Crippen LogP contribution in [0, 0.1) is 5.92 Å². The van der Waals surface area contributed by atoms with Crippen molar-refractivity contribution in [1.29, 1.82) is 0 Å². The molecule has 4 nitrogen and oxygen atoms in total. The molecule has 0 aliphatic carbocycles. The molecule has 1 heterocycles. The average molecular weight is 169 g/mol. The van der Waals surface area contributed by atoms with Gasteiger partial charge in [-0.05, 0) is 5.92 Å². The Morgan fingerprint density at radius 2 is 2.42 bits per heavy atom. The summed E-state index contributed by atoms with van der Waals surface area (Å²) in [5, 5.41) is 8.64. The monoisotopic (exact) mass is 169 g/mol. The van der Waals surface area contributed by atoms with Crippen molar-refractivity contribution in [2.75, 3.05) is 0 Å². The summed E-state index contributed by atoms with van der Waals surface area (Å²) in [7, 11) is 0. The molecule has 66 valence electrons. The minimum absolute atomic E-state index is 0.0312. The van der Waals surface area contributed by atoms with E-state index in [2.05, 4.69) is 4.98 Å². The lowest BCUT2D eigenvalue weighted by Crippen LogP contribution is -2.03. The lowest BCUT2D eigenvalue weighted by molar-refractivity contribution is 0.0688. The van der Waals surface area contributed by atoms with Crippen LogP contribution in [-0.4, -0.2) is 16.1 Å². The number of nitrogens with zero attached hydrogens (tertiary/aromatic N) is 1. The molecular weight excluding hydrogens is 158 g/mol. The molecule has 1 aromatic heterocycles. The van der Waals surface area contributed by atoms with E-state index in [1.165, 1.54) is 6.39 Å². The standard InChI is InChI=1S/C8H11NO3/c1-5(2)3-6-7(8(10)11)9-4-12-6/h4-5H,3H2,1-2H3,(H,10,11). The van der Waals surface area contributed by atoms with Crippen LogP contribution >= 0.6 is 0 Å². The van der Waals surface area contributed by atoms with Gasteiger partial charge in [-0.1, -0.05) is 13.8 Å². The fourth-order valence-electron chi connectivity index (χ4n) is 0.961. The van der Waals surface area contributed by atoms with E-state index in [0.29, 0.717) is 18.1 Å². The molecule has 0 saturated heterocycles. The number of aromatic nitrogens is 1. The minimum atomic E-state index is -1.03. The van der Waals surface area contributed by atoms with Crippen LogP contribution in [0.25, 0.3) is 0 Å². The highest BCUT2D eigenvalue weighted by molar-refractivity contribution is 5.86. The zero-order valence-electron chi connectivity index (χ0n) is 7.07. The predicted octanol–water partition coefficient (Wildman–Crippen LogP) is 1.57. The lowest BCUT2D eigenvalue weighted by Gasteiger charge is -2.00. The molecule has 1 N–H and O–H groups in total. The van der Waals surface area contributed by atoms with Crippen LogP contribution in [-0.2, 0) is 6.42 Å². The zero-order chi connectivity index (χ0) is 9.14. The van der Waals surface area contributed by atoms with Gasteiger partial charge in [-0.2, -0.15) is 0 Å².